The Bertz CT molecular complexity index is 3220. The van der Waals surface area contributed by atoms with Gasteiger partial charge in [-0.25, -0.2) is 46.6 Å². The van der Waals surface area contributed by atoms with Gasteiger partial charge in [0.05, 0.1) is 33.9 Å². The number of hydrogen-bond acceptors (Lipinski definition) is 16. The number of nitrogens with zero attached hydrogens (tertiary/aromatic N) is 6. The highest BCUT2D eigenvalue weighted by Crippen LogP contribution is 2.35. The molecule has 392 valence electrons. The SMILES string of the molecule is CCOC(=O)c1cc(S(=O)(=O)NC(=O)Cc2c(-c3ccnc(OC)c3)cc(F)cc2C(C)C)nn1C.CCOC(=O)c1cc(S(N)(=O)=O)nn1C.COc1cc(-c2cc(F)cc(C(C)C)c2CC(=O)Cl)ccn1. The summed E-state index contributed by atoms with van der Waals surface area (Å²) in [6, 6.07) is 14.3. The molecular formula is C48H55ClF2N8O12S2. The molecular weight excluding hydrogens is 1020 g/mol. The first kappa shape index (κ1) is 58.4. The molecule has 20 nitrogen and oxygen atoms in total. The molecule has 73 heavy (non-hydrogen) atoms. The molecule has 4 aromatic heterocycles. The topological polar surface area (TPSA) is 273 Å². The minimum atomic E-state index is -4.40. The number of ether oxygens (including phenoxy) is 4. The third-order valence-electron chi connectivity index (χ3n) is 10.4. The van der Waals surface area contributed by atoms with Gasteiger partial charge in [-0.15, -0.1) is 0 Å². The first-order chi connectivity index (χ1) is 34.2. The van der Waals surface area contributed by atoms with Crippen LogP contribution in [0.15, 0.2) is 83.1 Å². The van der Waals surface area contributed by atoms with Gasteiger partial charge in [0.2, 0.25) is 22.9 Å². The lowest BCUT2D eigenvalue weighted by Crippen LogP contribution is -2.32. The summed E-state index contributed by atoms with van der Waals surface area (Å²) in [7, 11) is -2.52. The molecule has 0 unspecified atom stereocenters. The van der Waals surface area contributed by atoms with Crippen LogP contribution in [-0.2, 0) is 66.0 Å². The molecule has 6 aromatic rings. The lowest BCUT2D eigenvalue weighted by Gasteiger charge is -2.18. The van der Waals surface area contributed by atoms with E-state index in [0.717, 1.165) is 38.2 Å². The van der Waals surface area contributed by atoms with Crippen molar-refractivity contribution in [2.75, 3.05) is 27.4 Å². The van der Waals surface area contributed by atoms with Gasteiger partial charge in [0.15, 0.2) is 10.1 Å². The smallest absolute Gasteiger partial charge is 0.356 e. The Morgan fingerprint density at radius 1 is 0.671 bits per heavy atom. The van der Waals surface area contributed by atoms with E-state index >= 15 is 0 Å². The molecule has 0 saturated carbocycles. The summed E-state index contributed by atoms with van der Waals surface area (Å²) >= 11 is 5.58. The van der Waals surface area contributed by atoms with Crippen molar-refractivity contribution in [2.24, 2.45) is 19.2 Å². The van der Waals surface area contributed by atoms with Crippen LogP contribution in [0.1, 0.15) is 96.6 Å². The number of nitrogens with one attached hydrogen (secondary N) is 1. The number of carbonyl (C=O) groups is 4. The van der Waals surface area contributed by atoms with Gasteiger partial charge in [0.1, 0.15) is 23.0 Å². The molecule has 2 aromatic carbocycles. The number of sulfonamides is 2. The van der Waals surface area contributed by atoms with Crippen LogP contribution in [0.5, 0.6) is 11.8 Å². The standard InChI is InChI=1S/C24H27FN4O6S.C17H17ClFNO2.C7H11N3O4S/c1-6-35-24(31)20-13-23(27-29(20)4)36(32,33)28-21(30)12-19-17(14(2)3)10-16(25)11-18(19)15-7-8-26-22(9-15)34-5;1-10(2)13-7-12(19)8-14(15(13)9-16(18)21)11-4-5-20-17(6-11)22-3;1-3-14-7(11)5-4-6(9-10(5)2)15(8,12)13/h7-11,13-14H,6,12H2,1-5H3,(H,28,30);4-8,10H,9H2,1-3H3;4H,3H2,1-2H3,(H2,8,12,13). The van der Waals surface area contributed by atoms with Crippen LogP contribution in [0.3, 0.4) is 0 Å². The second-order valence-electron chi connectivity index (χ2n) is 16.2. The van der Waals surface area contributed by atoms with Crippen molar-refractivity contribution in [1.82, 2.24) is 34.3 Å². The van der Waals surface area contributed by atoms with Gasteiger partial charge in [0.25, 0.3) is 20.0 Å². The minimum Gasteiger partial charge on any atom is -0.481 e. The van der Waals surface area contributed by atoms with Crippen molar-refractivity contribution in [3.63, 3.8) is 0 Å². The third kappa shape index (κ3) is 15.7. The van der Waals surface area contributed by atoms with E-state index in [4.69, 9.17) is 35.7 Å². The zero-order valence-electron chi connectivity index (χ0n) is 41.5. The predicted octanol–water partition coefficient (Wildman–Crippen LogP) is 6.55. The lowest BCUT2D eigenvalue weighted by atomic mass is 9.88. The fourth-order valence-electron chi connectivity index (χ4n) is 7.12. The Hall–Kier alpha value is -7.15. The number of esters is 2. The zero-order valence-corrected chi connectivity index (χ0v) is 43.9. The molecule has 1 amide bonds. The van der Waals surface area contributed by atoms with Gasteiger partial charge >= 0.3 is 11.9 Å². The number of carbonyl (C=O) groups excluding carboxylic acids is 4. The van der Waals surface area contributed by atoms with Gasteiger partial charge in [0, 0.05) is 57.2 Å². The van der Waals surface area contributed by atoms with E-state index in [1.807, 2.05) is 32.4 Å². The number of aromatic nitrogens is 6. The summed E-state index contributed by atoms with van der Waals surface area (Å²) in [6.45, 7) is 11.2. The normalized spacial score (nSPS) is 11.2. The second-order valence-corrected chi connectivity index (χ2v) is 19.8. The Kier molecular flexibility index (Phi) is 20.4. The molecule has 0 saturated heterocycles. The quantitative estimate of drug-likeness (QED) is 0.0724. The van der Waals surface area contributed by atoms with Gasteiger partial charge in [-0.1, -0.05) is 27.7 Å². The van der Waals surface area contributed by atoms with Crippen molar-refractivity contribution in [3.8, 4) is 34.0 Å². The van der Waals surface area contributed by atoms with Crippen LogP contribution in [-0.4, -0.2) is 96.9 Å². The van der Waals surface area contributed by atoms with Crippen LogP contribution in [0.25, 0.3) is 22.3 Å². The monoisotopic (exact) mass is 1070 g/mol. The first-order valence-electron chi connectivity index (χ1n) is 22.1. The van der Waals surface area contributed by atoms with Crippen molar-refractivity contribution in [1.29, 1.82) is 0 Å². The highest BCUT2D eigenvalue weighted by atomic mass is 35.5. The molecule has 0 aliphatic rings. The number of nitrogens with two attached hydrogens (primary N) is 1. The van der Waals surface area contributed by atoms with Crippen LogP contribution in [0.4, 0.5) is 8.78 Å². The van der Waals surface area contributed by atoms with Gasteiger partial charge < -0.3 is 18.9 Å². The van der Waals surface area contributed by atoms with E-state index in [1.54, 1.807) is 44.3 Å². The number of aryl methyl sites for hydroxylation is 2. The molecule has 0 fully saturated rings. The van der Waals surface area contributed by atoms with Crippen LogP contribution >= 0.6 is 11.6 Å². The van der Waals surface area contributed by atoms with Crippen molar-refractivity contribution >= 4 is 54.7 Å². The Balaban J connectivity index is 0.000000264. The maximum Gasteiger partial charge on any atom is 0.356 e. The van der Waals surface area contributed by atoms with Crippen LogP contribution < -0.4 is 19.3 Å². The fraction of sp³-hybridized carbons (Fsp3) is 0.333. The van der Waals surface area contributed by atoms with E-state index in [0.29, 0.717) is 39.6 Å². The average molecular weight is 1070 g/mol. The Labute approximate surface area is 426 Å². The highest BCUT2D eigenvalue weighted by molar-refractivity contribution is 7.90. The summed E-state index contributed by atoms with van der Waals surface area (Å²) < 4.78 is 100. The fourth-order valence-corrected chi connectivity index (χ4v) is 8.73. The maximum absolute atomic E-state index is 14.5. The molecule has 0 bridgehead atoms. The number of halogens is 3. The largest absolute Gasteiger partial charge is 0.481 e. The van der Waals surface area contributed by atoms with Crippen LogP contribution in [0.2, 0.25) is 0 Å². The predicted molar refractivity (Wildman–Crippen MR) is 264 cm³/mol. The summed E-state index contributed by atoms with van der Waals surface area (Å²) in [6.07, 6.45) is 2.77. The van der Waals surface area contributed by atoms with Crippen molar-refractivity contribution < 1.29 is 63.7 Å². The molecule has 0 spiro atoms. The molecule has 3 N–H and O–H groups in total. The van der Waals surface area contributed by atoms with E-state index in [-0.39, 0.29) is 60.1 Å². The van der Waals surface area contributed by atoms with E-state index in [9.17, 15) is 44.8 Å². The Morgan fingerprint density at radius 3 is 1.45 bits per heavy atom. The second kappa shape index (κ2) is 25.5. The molecule has 6 rings (SSSR count). The molecule has 0 radical (unpaired) electrons. The molecule has 0 atom stereocenters. The zero-order chi connectivity index (χ0) is 54.5. The summed E-state index contributed by atoms with van der Waals surface area (Å²) in [5.41, 5.74) is 4.83. The van der Waals surface area contributed by atoms with Gasteiger partial charge in [-0.05, 0) is 118 Å². The summed E-state index contributed by atoms with van der Waals surface area (Å²) in [5.74, 6) is -2.44. The van der Waals surface area contributed by atoms with E-state index < -0.39 is 54.0 Å². The number of benzene rings is 2. The first-order valence-corrected chi connectivity index (χ1v) is 25.5. The summed E-state index contributed by atoms with van der Waals surface area (Å²) in [5, 5.41) is 10.9. The number of amides is 1. The number of methoxy groups -OCH3 is 2. The average Bonchev–Trinajstić information content (AvgIpc) is 3.93. The molecule has 0 aliphatic carbocycles. The maximum atomic E-state index is 14.5. The van der Waals surface area contributed by atoms with E-state index in [1.165, 1.54) is 58.8 Å². The molecule has 0 aliphatic heterocycles. The molecule has 25 heteroatoms. The number of rotatable bonds is 17. The minimum absolute atomic E-state index is 0.0425. The third-order valence-corrected chi connectivity index (χ3v) is 12.6. The van der Waals surface area contributed by atoms with Crippen molar-refractivity contribution in [3.05, 3.63) is 118 Å². The van der Waals surface area contributed by atoms with Gasteiger partial charge in [-0.3, -0.25) is 19.0 Å². The lowest BCUT2D eigenvalue weighted by molar-refractivity contribution is -0.118. The van der Waals surface area contributed by atoms with Crippen molar-refractivity contribution in [2.45, 2.75) is 76.3 Å². The van der Waals surface area contributed by atoms with Crippen LogP contribution in [0, 0.1) is 11.6 Å². The van der Waals surface area contributed by atoms with E-state index in [2.05, 4.69) is 20.2 Å². The number of pyridine rings is 2. The van der Waals surface area contributed by atoms with Gasteiger partial charge in [-0.2, -0.15) is 18.6 Å². The Morgan fingerprint density at radius 2 is 1.08 bits per heavy atom. The number of primary sulfonamides is 1. The summed E-state index contributed by atoms with van der Waals surface area (Å²) in [4.78, 5) is 55.8. The molecule has 4 heterocycles. The highest BCUT2D eigenvalue weighted by Gasteiger charge is 2.27. The number of hydrogen-bond donors (Lipinski definition) is 2.